The molecular formula is C24H29N2O. The Kier molecular flexibility index (Phi) is 5.14. The highest BCUT2D eigenvalue weighted by atomic mass is 16.2. The topological polar surface area (TPSA) is 36.1 Å². The first-order valence-electron chi connectivity index (χ1n) is 9.69. The van der Waals surface area contributed by atoms with Gasteiger partial charge in [0, 0.05) is 30.1 Å². The van der Waals surface area contributed by atoms with E-state index in [9.17, 15) is 4.79 Å². The summed E-state index contributed by atoms with van der Waals surface area (Å²) in [6, 6.07) is 16.2. The number of aryl methyl sites for hydroxylation is 2. The van der Waals surface area contributed by atoms with Crippen LogP contribution in [0.15, 0.2) is 36.4 Å². The minimum absolute atomic E-state index is 0.164. The maximum absolute atomic E-state index is 13.0. The standard InChI is InChI=1S/C24H29N2O/c1-7-26(8-2)23(27)24(5,6)20-9-10-21-19(14-20)15-22(25-21)18-12-16(3)11-17(4)13-18/h9-14,25H,7-8H2,1-6H3. The molecule has 1 radical (unpaired) electrons. The highest BCUT2D eigenvalue weighted by Crippen LogP contribution is 2.31. The molecule has 27 heavy (non-hydrogen) atoms. The first-order valence-corrected chi connectivity index (χ1v) is 9.69. The van der Waals surface area contributed by atoms with Crippen LogP contribution in [0.5, 0.6) is 0 Å². The van der Waals surface area contributed by atoms with Gasteiger partial charge in [-0.1, -0.05) is 23.3 Å². The van der Waals surface area contributed by atoms with Gasteiger partial charge in [-0.25, -0.2) is 0 Å². The Morgan fingerprint density at radius 1 is 1.04 bits per heavy atom. The van der Waals surface area contributed by atoms with E-state index in [1.165, 1.54) is 11.1 Å². The number of benzene rings is 2. The molecule has 0 bridgehead atoms. The molecule has 1 N–H and O–H groups in total. The van der Waals surface area contributed by atoms with E-state index in [4.69, 9.17) is 0 Å². The molecule has 0 unspecified atom stereocenters. The van der Waals surface area contributed by atoms with Crippen molar-refractivity contribution in [3.63, 3.8) is 0 Å². The van der Waals surface area contributed by atoms with Crippen LogP contribution in [0.25, 0.3) is 22.2 Å². The fourth-order valence-corrected chi connectivity index (χ4v) is 3.74. The van der Waals surface area contributed by atoms with Crippen LogP contribution in [0, 0.1) is 19.9 Å². The summed E-state index contributed by atoms with van der Waals surface area (Å²) in [5, 5.41) is 1.02. The molecule has 1 amide bonds. The van der Waals surface area contributed by atoms with Gasteiger partial charge in [0.05, 0.1) is 11.1 Å². The van der Waals surface area contributed by atoms with Crippen molar-refractivity contribution in [2.75, 3.05) is 13.1 Å². The van der Waals surface area contributed by atoms with Crippen LogP contribution in [-0.4, -0.2) is 28.9 Å². The number of nitrogens with zero attached hydrogens (tertiary/aromatic N) is 1. The van der Waals surface area contributed by atoms with Crippen molar-refractivity contribution in [3.05, 3.63) is 59.2 Å². The summed E-state index contributed by atoms with van der Waals surface area (Å²) in [7, 11) is 0. The van der Waals surface area contributed by atoms with Crippen LogP contribution < -0.4 is 0 Å². The van der Waals surface area contributed by atoms with Crippen LogP contribution in [-0.2, 0) is 10.2 Å². The molecule has 0 spiro atoms. The molecule has 0 saturated heterocycles. The highest BCUT2D eigenvalue weighted by molar-refractivity contribution is 5.91. The number of aromatic amines is 1. The fourth-order valence-electron chi connectivity index (χ4n) is 3.74. The molecule has 3 nitrogen and oxygen atoms in total. The lowest BCUT2D eigenvalue weighted by Gasteiger charge is -2.31. The van der Waals surface area contributed by atoms with Gasteiger partial charge in [-0.2, -0.15) is 0 Å². The Morgan fingerprint density at radius 2 is 1.67 bits per heavy atom. The van der Waals surface area contributed by atoms with Crippen molar-refractivity contribution in [2.45, 2.75) is 47.0 Å². The smallest absolute Gasteiger partial charge is 0.232 e. The lowest BCUT2D eigenvalue weighted by molar-refractivity contribution is -0.135. The normalized spacial score (nSPS) is 11.8. The fraction of sp³-hybridized carbons (Fsp3) is 0.375. The maximum Gasteiger partial charge on any atom is 0.232 e. The zero-order valence-corrected chi connectivity index (χ0v) is 17.2. The second-order valence-electron chi connectivity index (χ2n) is 7.86. The number of carbonyl (C=O) groups excluding carboxylic acids is 1. The van der Waals surface area contributed by atoms with Gasteiger partial charge in [-0.05, 0) is 76.9 Å². The Balaban J connectivity index is 2.02. The minimum atomic E-state index is -0.564. The Morgan fingerprint density at radius 3 is 2.26 bits per heavy atom. The molecule has 1 heterocycles. The SMILES string of the molecule is CCN(CC)C(=O)C(C)(C)c1ccc2[nH]c(-c3cc(C)cc(C)c3)[c]c2c1. The molecule has 0 atom stereocenters. The molecule has 0 saturated carbocycles. The number of carbonyl (C=O) groups is 1. The van der Waals surface area contributed by atoms with Crippen LogP contribution in [0.1, 0.15) is 44.4 Å². The number of nitrogens with one attached hydrogen (secondary N) is 1. The predicted molar refractivity (Wildman–Crippen MR) is 113 cm³/mol. The van der Waals surface area contributed by atoms with Crippen molar-refractivity contribution >= 4 is 16.8 Å². The summed E-state index contributed by atoms with van der Waals surface area (Å²) in [4.78, 5) is 18.3. The zero-order chi connectivity index (χ0) is 19.8. The van der Waals surface area contributed by atoms with E-state index in [-0.39, 0.29) is 5.91 Å². The second kappa shape index (κ2) is 7.22. The number of H-pyrrole nitrogens is 1. The number of amides is 1. The lowest BCUT2D eigenvalue weighted by Crippen LogP contribution is -2.43. The van der Waals surface area contributed by atoms with Gasteiger partial charge in [0.1, 0.15) is 0 Å². The second-order valence-corrected chi connectivity index (χ2v) is 7.86. The third kappa shape index (κ3) is 3.64. The summed E-state index contributed by atoms with van der Waals surface area (Å²) in [6.07, 6.45) is 0. The van der Waals surface area contributed by atoms with Crippen molar-refractivity contribution < 1.29 is 4.79 Å². The molecule has 3 aromatic rings. The summed E-state index contributed by atoms with van der Waals surface area (Å²) in [5.74, 6) is 0.164. The van der Waals surface area contributed by atoms with Gasteiger partial charge in [-0.3, -0.25) is 4.79 Å². The minimum Gasteiger partial charge on any atom is -0.354 e. The van der Waals surface area contributed by atoms with E-state index in [0.717, 1.165) is 40.8 Å². The van der Waals surface area contributed by atoms with Crippen LogP contribution in [0.4, 0.5) is 0 Å². The van der Waals surface area contributed by atoms with Gasteiger partial charge in [0.25, 0.3) is 0 Å². The Bertz CT molecular complexity index is 957. The largest absolute Gasteiger partial charge is 0.354 e. The maximum atomic E-state index is 13.0. The number of rotatable bonds is 5. The molecule has 141 valence electrons. The van der Waals surface area contributed by atoms with Crippen LogP contribution in [0.3, 0.4) is 0 Å². The number of likely N-dealkylation sites (N-methyl/N-ethyl adjacent to an activating group) is 1. The lowest BCUT2D eigenvalue weighted by atomic mass is 9.82. The van der Waals surface area contributed by atoms with Crippen molar-refractivity contribution in [2.24, 2.45) is 0 Å². The van der Waals surface area contributed by atoms with Crippen molar-refractivity contribution in [1.82, 2.24) is 9.88 Å². The summed E-state index contributed by atoms with van der Waals surface area (Å²) >= 11 is 0. The van der Waals surface area contributed by atoms with E-state index in [2.05, 4.69) is 61.3 Å². The number of fused-ring (bicyclic) bond motifs is 1. The monoisotopic (exact) mass is 361 g/mol. The Labute approximate surface area is 162 Å². The van der Waals surface area contributed by atoms with Crippen molar-refractivity contribution in [1.29, 1.82) is 0 Å². The number of hydrogen-bond acceptors (Lipinski definition) is 1. The summed E-state index contributed by atoms with van der Waals surface area (Å²) in [6.45, 7) is 13.7. The third-order valence-electron chi connectivity index (χ3n) is 5.36. The van der Waals surface area contributed by atoms with E-state index in [0.29, 0.717) is 0 Å². The average Bonchev–Trinajstić information content (AvgIpc) is 3.05. The van der Waals surface area contributed by atoms with Crippen LogP contribution in [0.2, 0.25) is 0 Å². The Hall–Kier alpha value is -2.55. The van der Waals surface area contributed by atoms with Gasteiger partial charge in [0.2, 0.25) is 5.91 Å². The zero-order valence-electron chi connectivity index (χ0n) is 17.2. The molecule has 0 fully saturated rings. The van der Waals surface area contributed by atoms with Crippen molar-refractivity contribution in [3.8, 4) is 11.3 Å². The summed E-state index contributed by atoms with van der Waals surface area (Å²) in [5.41, 5.74) is 6.11. The van der Waals surface area contributed by atoms with Gasteiger partial charge in [-0.15, -0.1) is 0 Å². The molecule has 0 aliphatic carbocycles. The quantitative estimate of drug-likeness (QED) is 0.649. The molecule has 3 rings (SSSR count). The third-order valence-corrected chi connectivity index (χ3v) is 5.36. The average molecular weight is 362 g/mol. The summed E-state index contributed by atoms with van der Waals surface area (Å²) < 4.78 is 0. The molecule has 0 aliphatic heterocycles. The van der Waals surface area contributed by atoms with E-state index >= 15 is 0 Å². The molecular weight excluding hydrogens is 332 g/mol. The highest BCUT2D eigenvalue weighted by Gasteiger charge is 2.33. The predicted octanol–water partition coefficient (Wildman–Crippen LogP) is 5.40. The van der Waals surface area contributed by atoms with E-state index in [1.54, 1.807) is 0 Å². The number of aromatic nitrogens is 1. The van der Waals surface area contributed by atoms with Gasteiger partial charge < -0.3 is 9.88 Å². The molecule has 1 aromatic heterocycles. The first-order chi connectivity index (χ1) is 12.8. The van der Waals surface area contributed by atoms with Gasteiger partial charge in [0.15, 0.2) is 0 Å². The van der Waals surface area contributed by atoms with E-state index < -0.39 is 5.41 Å². The van der Waals surface area contributed by atoms with Crippen LogP contribution >= 0.6 is 0 Å². The molecule has 0 aliphatic rings. The van der Waals surface area contributed by atoms with Gasteiger partial charge >= 0.3 is 0 Å². The first kappa shape index (κ1) is 19.2. The number of hydrogen-bond donors (Lipinski definition) is 1. The van der Waals surface area contributed by atoms with E-state index in [1.807, 2.05) is 32.6 Å². The molecule has 3 heteroatoms. The molecule has 2 aromatic carbocycles.